The maximum Gasteiger partial charge on any atom is 0.259 e. The highest BCUT2D eigenvalue weighted by molar-refractivity contribution is 7.18. The molecule has 0 aliphatic carbocycles. The van der Waals surface area contributed by atoms with Gasteiger partial charge in [0.05, 0.1) is 18.5 Å². The number of aromatic nitrogens is 2. The highest BCUT2D eigenvalue weighted by atomic mass is 32.1. The van der Waals surface area contributed by atoms with E-state index in [4.69, 9.17) is 4.74 Å². The summed E-state index contributed by atoms with van der Waals surface area (Å²) < 4.78 is 5.57. The molecule has 1 amide bonds. The molecule has 1 atom stereocenters. The number of hydrogen-bond acceptors (Lipinski definition) is 6. The van der Waals surface area contributed by atoms with Gasteiger partial charge in [-0.15, -0.1) is 11.3 Å². The second-order valence-corrected chi connectivity index (χ2v) is 9.48. The SMILES string of the molecule is COc1ccccc1C(CNC(=O)CCc1nc2sc(C)c(C)c2c(=O)[nH]1)N1CCCC1. The van der Waals surface area contributed by atoms with Gasteiger partial charge in [0.1, 0.15) is 16.4 Å². The van der Waals surface area contributed by atoms with Crippen LogP contribution in [0.25, 0.3) is 10.2 Å². The van der Waals surface area contributed by atoms with Crippen LogP contribution in [0.1, 0.15) is 47.1 Å². The quantitative estimate of drug-likeness (QED) is 0.544. The van der Waals surface area contributed by atoms with Crippen LogP contribution in [0, 0.1) is 13.8 Å². The van der Waals surface area contributed by atoms with Crippen LogP contribution in [0.15, 0.2) is 29.1 Å². The van der Waals surface area contributed by atoms with Crippen molar-refractivity contribution in [2.45, 2.75) is 45.6 Å². The lowest BCUT2D eigenvalue weighted by atomic mass is 10.0. The van der Waals surface area contributed by atoms with Gasteiger partial charge in [-0.05, 0) is 51.4 Å². The van der Waals surface area contributed by atoms with Crippen LogP contribution >= 0.6 is 11.3 Å². The fourth-order valence-corrected chi connectivity index (χ4v) is 5.43. The molecule has 2 N–H and O–H groups in total. The van der Waals surface area contributed by atoms with Crippen molar-refractivity contribution in [2.24, 2.45) is 0 Å². The fraction of sp³-hybridized carbons (Fsp3) is 0.458. The van der Waals surface area contributed by atoms with Crippen LogP contribution in [0.3, 0.4) is 0 Å². The number of benzene rings is 1. The maximum atomic E-state index is 12.7. The number of thiophene rings is 1. The molecule has 3 heterocycles. The van der Waals surface area contributed by atoms with Gasteiger partial charge in [-0.3, -0.25) is 14.5 Å². The van der Waals surface area contributed by atoms with E-state index in [1.54, 1.807) is 7.11 Å². The number of carbonyl (C=O) groups excluding carboxylic acids is 1. The van der Waals surface area contributed by atoms with Crippen LogP contribution < -0.4 is 15.6 Å². The average Bonchev–Trinajstić information content (AvgIpc) is 3.41. The largest absolute Gasteiger partial charge is 0.496 e. The molecule has 0 bridgehead atoms. The molecule has 1 saturated heterocycles. The normalized spacial score (nSPS) is 15.2. The minimum absolute atomic E-state index is 0.0506. The zero-order valence-corrected chi connectivity index (χ0v) is 19.7. The van der Waals surface area contributed by atoms with E-state index in [-0.39, 0.29) is 23.9 Å². The number of rotatable bonds is 8. The third-order valence-electron chi connectivity index (χ3n) is 6.25. The second-order valence-electron chi connectivity index (χ2n) is 8.28. The van der Waals surface area contributed by atoms with Crippen LogP contribution in [-0.4, -0.2) is 47.5 Å². The Kier molecular flexibility index (Phi) is 6.91. The molecule has 1 fully saturated rings. The molecule has 0 saturated carbocycles. The summed E-state index contributed by atoms with van der Waals surface area (Å²) in [5.74, 6) is 1.35. The Bertz CT molecular complexity index is 1160. The van der Waals surface area contributed by atoms with Gasteiger partial charge < -0.3 is 15.0 Å². The van der Waals surface area contributed by atoms with E-state index in [1.165, 1.54) is 24.2 Å². The monoisotopic (exact) mass is 454 g/mol. The van der Waals surface area contributed by atoms with E-state index in [0.717, 1.165) is 39.7 Å². The Morgan fingerprint density at radius 3 is 2.78 bits per heavy atom. The fourth-order valence-electron chi connectivity index (χ4n) is 4.38. The molecule has 32 heavy (non-hydrogen) atoms. The smallest absolute Gasteiger partial charge is 0.259 e. The van der Waals surface area contributed by atoms with Crippen LogP contribution in [0.2, 0.25) is 0 Å². The number of methoxy groups -OCH3 is 1. The zero-order chi connectivity index (χ0) is 22.7. The van der Waals surface area contributed by atoms with Crippen molar-refractivity contribution >= 4 is 27.5 Å². The summed E-state index contributed by atoms with van der Waals surface area (Å²) in [6.07, 6.45) is 3.01. The molecule has 1 aliphatic heterocycles. The number of nitrogens with zero attached hydrogens (tertiary/aromatic N) is 2. The van der Waals surface area contributed by atoms with Gasteiger partial charge in [-0.2, -0.15) is 0 Å². The Morgan fingerprint density at radius 2 is 2.03 bits per heavy atom. The van der Waals surface area contributed by atoms with Gasteiger partial charge in [0.2, 0.25) is 5.91 Å². The van der Waals surface area contributed by atoms with Crippen molar-refractivity contribution in [3.05, 3.63) is 56.4 Å². The standard InChI is InChI=1S/C24H30N4O3S/c1-15-16(2)32-24-22(15)23(30)26-20(27-24)10-11-21(29)25-14-18(28-12-6-7-13-28)17-8-4-5-9-19(17)31-3/h4-5,8-9,18H,6-7,10-14H2,1-3H3,(H,25,29)(H,26,27,30). The molecule has 0 radical (unpaired) electrons. The summed E-state index contributed by atoms with van der Waals surface area (Å²) in [6.45, 7) is 6.49. The molecule has 3 aromatic rings. The first kappa shape index (κ1) is 22.5. The van der Waals surface area contributed by atoms with Crippen molar-refractivity contribution in [3.63, 3.8) is 0 Å². The molecule has 7 nitrogen and oxygen atoms in total. The molecule has 170 valence electrons. The first-order chi connectivity index (χ1) is 15.5. The first-order valence-electron chi connectivity index (χ1n) is 11.1. The van der Waals surface area contributed by atoms with Gasteiger partial charge in [0.15, 0.2) is 0 Å². The van der Waals surface area contributed by atoms with Crippen LogP contribution in [-0.2, 0) is 11.2 Å². The number of likely N-dealkylation sites (tertiary alicyclic amines) is 1. The summed E-state index contributed by atoms with van der Waals surface area (Å²) in [4.78, 5) is 36.8. The number of aryl methyl sites for hydroxylation is 3. The van der Waals surface area contributed by atoms with E-state index < -0.39 is 0 Å². The molecular formula is C24H30N4O3S. The van der Waals surface area contributed by atoms with E-state index >= 15 is 0 Å². The molecule has 0 spiro atoms. The topological polar surface area (TPSA) is 87.3 Å². The Morgan fingerprint density at radius 1 is 1.28 bits per heavy atom. The second kappa shape index (κ2) is 9.83. The lowest BCUT2D eigenvalue weighted by Gasteiger charge is -2.29. The number of ether oxygens (including phenoxy) is 1. The van der Waals surface area contributed by atoms with E-state index in [9.17, 15) is 9.59 Å². The minimum atomic E-state index is -0.127. The Balaban J connectivity index is 1.41. The number of para-hydroxylation sites is 1. The number of hydrogen-bond donors (Lipinski definition) is 2. The van der Waals surface area contributed by atoms with E-state index in [1.807, 2.05) is 32.0 Å². The lowest BCUT2D eigenvalue weighted by molar-refractivity contribution is -0.121. The number of aromatic amines is 1. The van der Waals surface area contributed by atoms with Gasteiger partial charge in [-0.25, -0.2) is 4.98 Å². The highest BCUT2D eigenvalue weighted by Crippen LogP contribution is 2.31. The van der Waals surface area contributed by atoms with Crippen LogP contribution in [0.4, 0.5) is 0 Å². The van der Waals surface area contributed by atoms with Gasteiger partial charge in [0.25, 0.3) is 5.56 Å². The third-order valence-corrected chi connectivity index (χ3v) is 7.35. The van der Waals surface area contributed by atoms with Gasteiger partial charge in [0, 0.05) is 29.8 Å². The number of carbonyl (C=O) groups is 1. The molecule has 1 unspecified atom stereocenters. The Hall–Kier alpha value is -2.71. The van der Waals surface area contributed by atoms with Gasteiger partial charge in [-0.1, -0.05) is 18.2 Å². The predicted molar refractivity (Wildman–Crippen MR) is 128 cm³/mol. The summed E-state index contributed by atoms with van der Waals surface area (Å²) in [5, 5.41) is 3.75. The maximum absolute atomic E-state index is 12.7. The molecule has 1 aliphatic rings. The first-order valence-corrected chi connectivity index (χ1v) is 11.9. The van der Waals surface area contributed by atoms with Crippen molar-refractivity contribution in [3.8, 4) is 5.75 Å². The number of H-pyrrole nitrogens is 1. The molecule has 8 heteroatoms. The van der Waals surface area contributed by atoms with Crippen molar-refractivity contribution in [1.29, 1.82) is 0 Å². The Labute approximate surface area is 191 Å². The summed E-state index contributed by atoms with van der Waals surface area (Å²) >= 11 is 1.52. The van der Waals surface area contributed by atoms with Crippen molar-refractivity contribution in [2.75, 3.05) is 26.7 Å². The molecule has 2 aromatic heterocycles. The number of fused-ring (bicyclic) bond motifs is 1. The summed E-state index contributed by atoms with van der Waals surface area (Å²) in [5.41, 5.74) is 1.95. The number of nitrogens with one attached hydrogen (secondary N) is 2. The minimum Gasteiger partial charge on any atom is -0.496 e. The molecular weight excluding hydrogens is 424 g/mol. The number of amides is 1. The average molecular weight is 455 g/mol. The van der Waals surface area contributed by atoms with Crippen molar-refractivity contribution < 1.29 is 9.53 Å². The third kappa shape index (κ3) is 4.71. The summed E-state index contributed by atoms with van der Waals surface area (Å²) in [6, 6.07) is 8.08. The van der Waals surface area contributed by atoms with E-state index in [0.29, 0.717) is 24.2 Å². The van der Waals surface area contributed by atoms with Gasteiger partial charge >= 0.3 is 0 Å². The zero-order valence-electron chi connectivity index (χ0n) is 18.9. The van der Waals surface area contributed by atoms with Crippen LogP contribution in [0.5, 0.6) is 5.75 Å². The van der Waals surface area contributed by atoms with E-state index in [2.05, 4.69) is 26.3 Å². The highest BCUT2D eigenvalue weighted by Gasteiger charge is 2.26. The van der Waals surface area contributed by atoms with Crippen molar-refractivity contribution in [1.82, 2.24) is 20.2 Å². The molecule has 1 aromatic carbocycles. The predicted octanol–water partition coefficient (Wildman–Crippen LogP) is 3.50. The molecule has 4 rings (SSSR count). The summed E-state index contributed by atoms with van der Waals surface area (Å²) in [7, 11) is 1.68. The lowest BCUT2D eigenvalue weighted by Crippen LogP contribution is -2.37.